The largest absolute Gasteiger partial charge is 0.472 e. The zero-order chi connectivity index (χ0) is 13.1. The predicted octanol–water partition coefficient (Wildman–Crippen LogP) is 2.52. The van der Waals surface area contributed by atoms with Gasteiger partial charge in [0.15, 0.2) is 0 Å². The van der Waals surface area contributed by atoms with Crippen LogP contribution in [0.5, 0.6) is 0 Å². The third-order valence-corrected chi connectivity index (χ3v) is 2.76. The van der Waals surface area contributed by atoms with Gasteiger partial charge in [0, 0.05) is 22.7 Å². The minimum Gasteiger partial charge on any atom is -0.472 e. The van der Waals surface area contributed by atoms with Crippen LogP contribution in [0, 0.1) is 0 Å². The lowest BCUT2D eigenvalue weighted by Gasteiger charge is -1.97. The van der Waals surface area contributed by atoms with Crippen molar-refractivity contribution in [1.29, 1.82) is 0 Å². The quantitative estimate of drug-likeness (QED) is 0.556. The van der Waals surface area contributed by atoms with Gasteiger partial charge in [-0.25, -0.2) is 5.43 Å². The van der Waals surface area contributed by atoms with E-state index in [2.05, 4.69) is 15.5 Å². The first-order valence-corrected chi connectivity index (χ1v) is 5.76. The molecular weight excluding hydrogens is 242 g/mol. The van der Waals surface area contributed by atoms with Crippen molar-refractivity contribution < 1.29 is 9.21 Å². The number of aromatic amines is 1. The minimum atomic E-state index is -0.253. The summed E-state index contributed by atoms with van der Waals surface area (Å²) in [5, 5.41) is 4.75. The fraction of sp³-hybridized carbons (Fsp3) is 0. The van der Waals surface area contributed by atoms with E-state index in [-0.39, 0.29) is 5.91 Å². The molecule has 0 spiro atoms. The second-order valence-corrected chi connectivity index (χ2v) is 4.00. The van der Waals surface area contributed by atoms with Gasteiger partial charge in [-0.05, 0) is 12.1 Å². The van der Waals surface area contributed by atoms with Gasteiger partial charge in [0.25, 0.3) is 5.91 Å². The second kappa shape index (κ2) is 4.81. The summed E-state index contributed by atoms with van der Waals surface area (Å²) in [5.41, 5.74) is 4.77. The molecule has 0 unspecified atom stereocenters. The summed E-state index contributed by atoms with van der Waals surface area (Å²) in [7, 11) is 0. The van der Waals surface area contributed by atoms with Crippen molar-refractivity contribution in [1.82, 2.24) is 10.4 Å². The highest BCUT2D eigenvalue weighted by Gasteiger charge is 2.10. The van der Waals surface area contributed by atoms with E-state index < -0.39 is 0 Å². The molecule has 1 amide bonds. The second-order valence-electron chi connectivity index (χ2n) is 4.00. The van der Waals surface area contributed by atoms with E-state index in [1.807, 2.05) is 24.3 Å². The number of carbonyl (C=O) groups excluding carboxylic acids is 1. The first kappa shape index (κ1) is 11.3. The fourth-order valence-corrected chi connectivity index (χ4v) is 1.83. The predicted molar refractivity (Wildman–Crippen MR) is 72.1 cm³/mol. The molecule has 0 aliphatic carbocycles. The lowest BCUT2D eigenvalue weighted by atomic mass is 10.2. The summed E-state index contributed by atoms with van der Waals surface area (Å²) >= 11 is 0. The van der Waals surface area contributed by atoms with E-state index in [9.17, 15) is 4.79 Å². The third-order valence-electron chi connectivity index (χ3n) is 2.76. The van der Waals surface area contributed by atoms with Crippen molar-refractivity contribution in [3.05, 3.63) is 60.2 Å². The van der Waals surface area contributed by atoms with Crippen LogP contribution < -0.4 is 5.43 Å². The van der Waals surface area contributed by atoms with Crippen molar-refractivity contribution >= 4 is 23.0 Å². The van der Waals surface area contributed by atoms with Gasteiger partial charge in [-0.2, -0.15) is 5.10 Å². The van der Waals surface area contributed by atoms with Crippen molar-refractivity contribution in [3.63, 3.8) is 0 Å². The lowest BCUT2D eigenvalue weighted by Crippen LogP contribution is -2.17. The monoisotopic (exact) mass is 253 g/mol. The van der Waals surface area contributed by atoms with Crippen LogP contribution in [0.25, 0.3) is 10.9 Å². The number of nitrogens with one attached hydrogen (secondary N) is 2. The summed E-state index contributed by atoms with van der Waals surface area (Å²) in [5.74, 6) is -0.253. The molecule has 2 heterocycles. The number of aromatic nitrogens is 1. The van der Waals surface area contributed by atoms with Crippen molar-refractivity contribution in [2.75, 3.05) is 0 Å². The van der Waals surface area contributed by atoms with E-state index in [1.165, 1.54) is 6.21 Å². The third kappa shape index (κ3) is 2.26. The Morgan fingerprint density at radius 2 is 2.21 bits per heavy atom. The van der Waals surface area contributed by atoms with E-state index >= 15 is 0 Å². The molecule has 5 nitrogen and oxygen atoms in total. The molecule has 94 valence electrons. The molecule has 0 radical (unpaired) electrons. The topological polar surface area (TPSA) is 70.4 Å². The number of hydrogen-bond acceptors (Lipinski definition) is 3. The molecule has 0 saturated heterocycles. The zero-order valence-corrected chi connectivity index (χ0v) is 9.96. The van der Waals surface area contributed by atoms with Crippen LogP contribution in [0.4, 0.5) is 0 Å². The Balaban J connectivity index is 1.77. The van der Waals surface area contributed by atoms with Crippen LogP contribution in [0.2, 0.25) is 0 Å². The van der Waals surface area contributed by atoms with Crippen molar-refractivity contribution in [2.24, 2.45) is 5.10 Å². The standard InChI is InChI=1S/C14H11N3O2/c18-14(17-16-7-10-5-6-19-9-10)12-8-15-13-4-2-1-3-11(12)13/h1-9,15H,(H,17,18). The van der Waals surface area contributed by atoms with E-state index in [0.717, 1.165) is 16.5 Å². The number of nitrogens with zero attached hydrogens (tertiary/aromatic N) is 1. The smallest absolute Gasteiger partial charge is 0.273 e. The summed E-state index contributed by atoms with van der Waals surface area (Å²) in [6.07, 6.45) is 6.29. The SMILES string of the molecule is O=C(NN=Cc1ccoc1)c1c[nH]c2ccccc12. The number of carbonyl (C=O) groups is 1. The molecule has 2 N–H and O–H groups in total. The normalized spacial score (nSPS) is 11.2. The Hall–Kier alpha value is -2.82. The van der Waals surface area contributed by atoms with Crippen LogP contribution >= 0.6 is 0 Å². The number of rotatable bonds is 3. The number of amides is 1. The van der Waals surface area contributed by atoms with Crippen LogP contribution in [0.3, 0.4) is 0 Å². The van der Waals surface area contributed by atoms with Crippen LogP contribution in [-0.4, -0.2) is 17.1 Å². The summed E-state index contributed by atoms with van der Waals surface area (Å²) in [6.45, 7) is 0. The molecule has 0 bridgehead atoms. The molecule has 3 rings (SSSR count). The van der Waals surface area contributed by atoms with Gasteiger partial charge in [-0.1, -0.05) is 18.2 Å². The minimum absolute atomic E-state index is 0.253. The number of fused-ring (bicyclic) bond motifs is 1. The molecular formula is C14H11N3O2. The van der Waals surface area contributed by atoms with Crippen LogP contribution in [-0.2, 0) is 0 Å². The Bertz CT molecular complexity index is 726. The maximum Gasteiger partial charge on any atom is 0.273 e. The summed E-state index contributed by atoms with van der Waals surface area (Å²) in [6, 6.07) is 9.36. The molecule has 0 aliphatic heterocycles. The van der Waals surface area contributed by atoms with Crippen molar-refractivity contribution in [2.45, 2.75) is 0 Å². The fourth-order valence-electron chi connectivity index (χ4n) is 1.83. The molecule has 3 aromatic rings. The maximum absolute atomic E-state index is 12.0. The van der Waals surface area contributed by atoms with Gasteiger partial charge < -0.3 is 9.40 Å². The number of furan rings is 1. The van der Waals surface area contributed by atoms with Gasteiger partial charge in [-0.15, -0.1) is 0 Å². The molecule has 19 heavy (non-hydrogen) atoms. The molecule has 5 heteroatoms. The van der Waals surface area contributed by atoms with Crippen molar-refractivity contribution in [3.8, 4) is 0 Å². The summed E-state index contributed by atoms with van der Waals surface area (Å²) < 4.78 is 4.89. The number of hydrogen-bond donors (Lipinski definition) is 2. The molecule has 0 fully saturated rings. The van der Waals surface area contributed by atoms with Gasteiger partial charge in [0.1, 0.15) is 0 Å². The first-order chi connectivity index (χ1) is 9.34. The Kier molecular flexibility index (Phi) is 2.86. The Morgan fingerprint density at radius 3 is 3.05 bits per heavy atom. The van der Waals surface area contributed by atoms with E-state index in [0.29, 0.717) is 5.56 Å². The van der Waals surface area contributed by atoms with Gasteiger partial charge in [0.05, 0.1) is 24.3 Å². The average molecular weight is 253 g/mol. The number of benzene rings is 1. The van der Waals surface area contributed by atoms with Crippen LogP contribution in [0.1, 0.15) is 15.9 Å². The zero-order valence-electron chi connectivity index (χ0n) is 9.96. The number of H-pyrrole nitrogens is 1. The number of hydrazone groups is 1. The highest BCUT2D eigenvalue weighted by atomic mass is 16.3. The molecule has 0 aliphatic rings. The summed E-state index contributed by atoms with van der Waals surface area (Å²) in [4.78, 5) is 15.0. The Morgan fingerprint density at radius 1 is 1.32 bits per heavy atom. The molecule has 0 atom stereocenters. The Labute approximate surface area is 108 Å². The van der Waals surface area contributed by atoms with E-state index in [1.54, 1.807) is 24.8 Å². The highest BCUT2D eigenvalue weighted by Crippen LogP contribution is 2.17. The van der Waals surface area contributed by atoms with Crippen LogP contribution in [0.15, 0.2) is 58.6 Å². The molecule has 2 aromatic heterocycles. The first-order valence-electron chi connectivity index (χ1n) is 5.76. The van der Waals surface area contributed by atoms with Gasteiger partial charge in [-0.3, -0.25) is 4.79 Å². The molecule has 1 aromatic carbocycles. The number of para-hydroxylation sites is 1. The highest BCUT2D eigenvalue weighted by molar-refractivity contribution is 6.06. The maximum atomic E-state index is 12.0. The molecule has 0 saturated carbocycles. The average Bonchev–Trinajstić information content (AvgIpc) is 3.07. The van der Waals surface area contributed by atoms with Gasteiger partial charge in [0.2, 0.25) is 0 Å². The van der Waals surface area contributed by atoms with Gasteiger partial charge >= 0.3 is 0 Å². The van der Waals surface area contributed by atoms with E-state index in [4.69, 9.17) is 4.42 Å². The lowest BCUT2D eigenvalue weighted by molar-refractivity contribution is 0.0957.